The average molecular weight is 298 g/mol. The summed E-state index contributed by atoms with van der Waals surface area (Å²) in [5.74, 6) is 0.631. The van der Waals surface area contributed by atoms with Gasteiger partial charge in [0.05, 0.1) is 44.0 Å². The molecule has 0 aliphatic carbocycles. The minimum Gasteiger partial charge on any atom is -0.395 e. The number of halogens is 1. The van der Waals surface area contributed by atoms with Crippen molar-refractivity contribution >= 4 is 22.6 Å². The lowest BCUT2D eigenvalue weighted by Crippen LogP contribution is -2.47. The second kappa shape index (κ2) is 5.61. The first-order valence-corrected chi connectivity index (χ1v) is 6.83. The van der Waals surface area contributed by atoms with E-state index >= 15 is 0 Å². The molecule has 1 N–H and O–H groups in total. The van der Waals surface area contributed by atoms with Crippen molar-refractivity contribution in [3.05, 3.63) is 17.2 Å². The fraction of sp³-hybridized carbons (Fsp3) is 0.583. The van der Waals surface area contributed by atoms with Crippen molar-refractivity contribution in [3.8, 4) is 0 Å². The highest BCUT2D eigenvalue weighted by atomic mass is 35.5. The molecular weight excluding hydrogens is 282 g/mol. The Morgan fingerprint density at radius 1 is 1.50 bits per heavy atom. The van der Waals surface area contributed by atoms with Crippen LogP contribution in [-0.2, 0) is 18.3 Å². The summed E-state index contributed by atoms with van der Waals surface area (Å²) in [6.07, 6.45) is 1.66. The number of aliphatic hydroxyl groups is 1. The zero-order chi connectivity index (χ0) is 14.1. The van der Waals surface area contributed by atoms with Crippen LogP contribution in [0.2, 0.25) is 5.15 Å². The fourth-order valence-electron chi connectivity index (χ4n) is 2.35. The number of fused-ring (bicyclic) bond motifs is 1. The van der Waals surface area contributed by atoms with Gasteiger partial charge in [0.1, 0.15) is 11.0 Å². The van der Waals surface area contributed by atoms with Gasteiger partial charge in [-0.15, -0.1) is 0 Å². The van der Waals surface area contributed by atoms with Crippen molar-refractivity contribution < 1.29 is 9.84 Å². The van der Waals surface area contributed by atoms with Crippen LogP contribution in [0.15, 0.2) is 6.20 Å². The third-order valence-electron chi connectivity index (χ3n) is 3.50. The normalized spacial score (nSPS) is 20.6. The Morgan fingerprint density at radius 2 is 2.35 bits per heavy atom. The standard InChI is InChI=1S/C12H16ClN5O2/c1-17-12-9(4-14-17)11(13)15-10(16-12)5-18-2-3-20-7-8(18)6-19/h4,8,19H,2-3,5-7H2,1H3. The first kappa shape index (κ1) is 13.7. The van der Waals surface area contributed by atoms with E-state index in [-0.39, 0.29) is 12.6 Å². The number of nitrogens with zero attached hydrogens (tertiary/aromatic N) is 5. The lowest BCUT2D eigenvalue weighted by molar-refractivity contribution is -0.0322. The molecule has 0 radical (unpaired) electrons. The number of rotatable bonds is 3. The number of aromatic nitrogens is 4. The Labute approximate surface area is 121 Å². The van der Waals surface area contributed by atoms with Gasteiger partial charge in [0, 0.05) is 13.6 Å². The third kappa shape index (κ3) is 2.49. The van der Waals surface area contributed by atoms with Crippen LogP contribution in [0.3, 0.4) is 0 Å². The highest BCUT2D eigenvalue weighted by Gasteiger charge is 2.23. The Balaban J connectivity index is 1.88. The Hall–Kier alpha value is -1.28. The molecule has 1 atom stereocenters. The molecule has 1 aliphatic heterocycles. The van der Waals surface area contributed by atoms with E-state index in [4.69, 9.17) is 16.3 Å². The van der Waals surface area contributed by atoms with Gasteiger partial charge in [0.2, 0.25) is 0 Å². The zero-order valence-corrected chi connectivity index (χ0v) is 11.9. The van der Waals surface area contributed by atoms with Crippen LogP contribution in [0.4, 0.5) is 0 Å². The maximum Gasteiger partial charge on any atom is 0.162 e. The zero-order valence-electron chi connectivity index (χ0n) is 11.2. The third-order valence-corrected chi connectivity index (χ3v) is 3.78. The summed E-state index contributed by atoms with van der Waals surface area (Å²) in [6.45, 7) is 2.52. The summed E-state index contributed by atoms with van der Waals surface area (Å²) in [5.41, 5.74) is 0.716. The Bertz CT molecular complexity index is 617. The van der Waals surface area contributed by atoms with E-state index in [1.165, 1.54) is 0 Å². The molecule has 7 nitrogen and oxygen atoms in total. The van der Waals surface area contributed by atoms with Crippen LogP contribution in [0.5, 0.6) is 0 Å². The van der Waals surface area contributed by atoms with Crippen LogP contribution < -0.4 is 0 Å². The van der Waals surface area contributed by atoms with Crippen LogP contribution in [0.25, 0.3) is 11.0 Å². The molecule has 3 heterocycles. The van der Waals surface area contributed by atoms with Crippen molar-refractivity contribution in [3.63, 3.8) is 0 Å². The van der Waals surface area contributed by atoms with Gasteiger partial charge in [0.25, 0.3) is 0 Å². The van der Waals surface area contributed by atoms with E-state index in [0.717, 1.165) is 11.9 Å². The largest absolute Gasteiger partial charge is 0.395 e. The average Bonchev–Trinajstić information content (AvgIpc) is 2.82. The summed E-state index contributed by atoms with van der Waals surface area (Å²) in [6, 6.07) is -0.0200. The van der Waals surface area contributed by atoms with E-state index in [1.54, 1.807) is 10.9 Å². The van der Waals surface area contributed by atoms with Crippen LogP contribution >= 0.6 is 11.6 Å². The van der Waals surface area contributed by atoms with Gasteiger partial charge in [-0.3, -0.25) is 9.58 Å². The first-order chi connectivity index (χ1) is 9.69. The molecule has 0 bridgehead atoms. The number of aryl methyl sites for hydroxylation is 1. The topological polar surface area (TPSA) is 76.3 Å². The highest BCUT2D eigenvalue weighted by molar-refractivity contribution is 6.33. The molecule has 1 fully saturated rings. The Morgan fingerprint density at radius 3 is 3.15 bits per heavy atom. The fourth-order valence-corrected chi connectivity index (χ4v) is 2.58. The molecule has 8 heteroatoms. The monoisotopic (exact) mass is 297 g/mol. The molecule has 20 heavy (non-hydrogen) atoms. The molecule has 0 amide bonds. The summed E-state index contributed by atoms with van der Waals surface area (Å²) < 4.78 is 7.03. The smallest absolute Gasteiger partial charge is 0.162 e. The minimum absolute atomic E-state index is 0.0200. The second-order valence-electron chi connectivity index (χ2n) is 4.82. The van der Waals surface area contributed by atoms with E-state index in [9.17, 15) is 5.11 Å². The SMILES string of the molecule is Cn1ncc2c(Cl)nc(CN3CCOCC3CO)nc21. The molecular formula is C12H16ClN5O2. The van der Waals surface area contributed by atoms with E-state index in [0.29, 0.717) is 36.4 Å². The summed E-state index contributed by atoms with van der Waals surface area (Å²) in [5, 5.41) is 14.7. The molecule has 2 aromatic heterocycles. The molecule has 2 aromatic rings. The maximum atomic E-state index is 9.37. The summed E-state index contributed by atoms with van der Waals surface area (Å²) in [7, 11) is 1.82. The first-order valence-electron chi connectivity index (χ1n) is 6.46. The van der Waals surface area contributed by atoms with E-state index < -0.39 is 0 Å². The summed E-state index contributed by atoms with van der Waals surface area (Å²) in [4.78, 5) is 10.9. The van der Waals surface area contributed by atoms with Gasteiger partial charge >= 0.3 is 0 Å². The highest BCUT2D eigenvalue weighted by Crippen LogP contribution is 2.20. The number of ether oxygens (including phenoxy) is 1. The van der Waals surface area contributed by atoms with Crippen LogP contribution in [0.1, 0.15) is 5.82 Å². The van der Waals surface area contributed by atoms with Gasteiger partial charge in [-0.25, -0.2) is 9.97 Å². The lowest BCUT2D eigenvalue weighted by atomic mass is 10.2. The number of aliphatic hydroxyl groups excluding tert-OH is 1. The molecule has 0 spiro atoms. The molecule has 3 rings (SSSR count). The van der Waals surface area contributed by atoms with Gasteiger partial charge in [-0.1, -0.05) is 11.6 Å². The predicted molar refractivity (Wildman–Crippen MR) is 73.4 cm³/mol. The van der Waals surface area contributed by atoms with Crippen molar-refractivity contribution in [2.75, 3.05) is 26.4 Å². The second-order valence-corrected chi connectivity index (χ2v) is 5.18. The van der Waals surface area contributed by atoms with Crippen molar-refractivity contribution in [1.29, 1.82) is 0 Å². The van der Waals surface area contributed by atoms with Gasteiger partial charge in [-0.2, -0.15) is 5.10 Å². The van der Waals surface area contributed by atoms with E-state index in [1.807, 2.05) is 7.05 Å². The van der Waals surface area contributed by atoms with Crippen LogP contribution in [-0.4, -0.2) is 62.2 Å². The maximum absolute atomic E-state index is 9.37. The molecule has 1 saturated heterocycles. The van der Waals surface area contributed by atoms with Crippen molar-refractivity contribution in [1.82, 2.24) is 24.6 Å². The van der Waals surface area contributed by atoms with Gasteiger partial charge < -0.3 is 9.84 Å². The lowest BCUT2D eigenvalue weighted by Gasteiger charge is -2.33. The van der Waals surface area contributed by atoms with Crippen LogP contribution in [0, 0.1) is 0 Å². The van der Waals surface area contributed by atoms with Crippen molar-refractivity contribution in [2.45, 2.75) is 12.6 Å². The molecule has 0 aromatic carbocycles. The Kier molecular flexibility index (Phi) is 3.84. The molecule has 108 valence electrons. The molecule has 0 saturated carbocycles. The minimum atomic E-state index is -0.0200. The number of morpholine rings is 1. The number of hydrogen-bond acceptors (Lipinski definition) is 6. The van der Waals surface area contributed by atoms with Gasteiger partial charge in [0.15, 0.2) is 5.65 Å². The van der Waals surface area contributed by atoms with Gasteiger partial charge in [-0.05, 0) is 0 Å². The molecule has 1 unspecified atom stereocenters. The quantitative estimate of drug-likeness (QED) is 0.816. The molecule has 1 aliphatic rings. The number of hydrogen-bond donors (Lipinski definition) is 1. The van der Waals surface area contributed by atoms with E-state index in [2.05, 4.69) is 20.0 Å². The predicted octanol–water partition coefficient (Wildman–Crippen LogP) is 0.210. The summed E-state index contributed by atoms with van der Waals surface area (Å²) >= 11 is 6.17. The van der Waals surface area contributed by atoms with Crippen molar-refractivity contribution in [2.24, 2.45) is 7.05 Å².